The number of hydrogen-bond donors (Lipinski definition) is 1. The lowest BCUT2D eigenvalue weighted by molar-refractivity contribution is 1.06. The van der Waals surface area contributed by atoms with Crippen molar-refractivity contribution in [3.8, 4) is 0 Å². The number of para-hydroxylation sites is 1. The van der Waals surface area contributed by atoms with Gasteiger partial charge in [-0.15, -0.1) is 11.3 Å². The second-order valence-corrected chi connectivity index (χ2v) is 10.6. The molecule has 3 heteroatoms. The maximum Gasteiger partial charge on any atom is 0.119 e. The molecule has 158 valence electrons. The second-order valence-electron chi connectivity index (χ2n) is 9.47. The van der Waals surface area contributed by atoms with Crippen LogP contribution in [-0.4, -0.2) is 10.4 Å². The molecule has 3 aromatic heterocycles. The Bertz CT molecular complexity index is 2160. The molecule has 4 heterocycles. The predicted octanol–water partition coefficient (Wildman–Crippen LogP) is 6.50. The predicted molar refractivity (Wildman–Crippen MR) is 146 cm³/mol. The zero-order valence-corrected chi connectivity index (χ0v) is 19.0. The van der Waals surface area contributed by atoms with Crippen molar-refractivity contribution in [1.82, 2.24) is 4.40 Å². The summed E-state index contributed by atoms with van der Waals surface area (Å²) in [6.07, 6.45) is 7.10. The SMILES string of the molecule is C1=C2C=c3ccccc3=CC2Nc2c1c1cccc3c4cc5c(cc4n2c13)sc1ccccc15. The van der Waals surface area contributed by atoms with Crippen LogP contribution in [0, 0.1) is 0 Å². The fraction of sp³-hybridized carbons (Fsp3) is 0.0323. The number of nitrogens with zero attached hydrogens (tertiary/aromatic N) is 1. The first-order valence-corrected chi connectivity index (χ1v) is 12.6. The molecule has 2 aliphatic rings. The maximum absolute atomic E-state index is 3.91. The average Bonchev–Trinajstić information content (AvgIpc) is 3.51. The minimum absolute atomic E-state index is 0.184. The highest BCUT2D eigenvalue weighted by Crippen LogP contribution is 2.45. The van der Waals surface area contributed by atoms with Gasteiger partial charge in [-0.2, -0.15) is 0 Å². The molecule has 4 aromatic carbocycles. The highest BCUT2D eigenvalue weighted by molar-refractivity contribution is 7.25. The zero-order chi connectivity index (χ0) is 22.0. The molecule has 7 aromatic rings. The van der Waals surface area contributed by atoms with Gasteiger partial charge in [-0.25, -0.2) is 0 Å². The summed E-state index contributed by atoms with van der Waals surface area (Å²) in [5.41, 5.74) is 5.24. The molecule has 1 aliphatic carbocycles. The Morgan fingerprint density at radius 2 is 1.50 bits per heavy atom. The molecule has 2 nitrogen and oxygen atoms in total. The zero-order valence-electron chi connectivity index (χ0n) is 18.2. The summed E-state index contributed by atoms with van der Waals surface area (Å²) in [4.78, 5) is 0. The van der Waals surface area contributed by atoms with Crippen molar-refractivity contribution in [2.75, 3.05) is 5.32 Å². The lowest BCUT2D eigenvalue weighted by Crippen LogP contribution is -2.35. The lowest BCUT2D eigenvalue weighted by atomic mass is 9.93. The summed E-state index contributed by atoms with van der Waals surface area (Å²) in [5, 5.41) is 13.2. The van der Waals surface area contributed by atoms with E-state index in [0.29, 0.717) is 0 Å². The highest BCUT2D eigenvalue weighted by Gasteiger charge is 2.27. The molecule has 0 fully saturated rings. The first-order valence-electron chi connectivity index (χ1n) is 11.7. The standard InChI is InChI=1S/C31H18N2S/c1-2-7-18-14-26-19(12-17(18)6-1)13-25-22-10-5-9-21-23-15-24-20-8-3-4-11-28(20)34-29(24)16-27(23)33(30(21)22)31(25)32-26/h1-16,26,32H. The Morgan fingerprint density at radius 1 is 0.676 bits per heavy atom. The van der Waals surface area contributed by atoms with E-state index >= 15 is 0 Å². The number of thiophene rings is 1. The van der Waals surface area contributed by atoms with Crippen LogP contribution in [0.15, 0.2) is 84.4 Å². The smallest absolute Gasteiger partial charge is 0.119 e. The Hall–Kier alpha value is -4.08. The number of aromatic nitrogens is 1. The largest absolute Gasteiger partial charge is 0.360 e. The summed E-state index contributed by atoms with van der Waals surface area (Å²) in [6.45, 7) is 0. The van der Waals surface area contributed by atoms with Gasteiger partial charge < -0.3 is 5.32 Å². The van der Waals surface area contributed by atoms with E-state index in [4.69, 9.17) is 0 Å². The summed E-state index contributed by atoms with van der Waals surface area (Å²) in [5.74, 6) is 1.21. The van der Waals surface area contributed by atoms with Crippen LogP contribution < -0.4 is 15.8 Å². The van der Waals surface area contributed by atoms with Crippen LogP contribution in [0.25, 0.3) is 65.6 Å². The van der Waals surface area contributed by atoms with Gasteiger partial charge in [-0.1, -0.05) is 60.7 Å². The Kier molecular flexibility index (Phi) is 3.01. The number of fused-ring (bicyclic) bond motifs is 11. The fourth-order valence-electron chi connectivity index (χ4n) is 6.18. The van der Waals surface area contributed by atoms with Crippen molar-refractivity contribution in [3.63, 3.8) is 0 Å². The van der Waals surface area contributed by atoms with Crippen LogP contribution >= 0.6 is 11.3 Å². The van der Waals surface area contributed by atoms with E-state index in [1.165, 1.54) is 74.8 Å². The van der Waals surface area contributed by atoms with E-state index < -0.39 is 0 Å². The third-order valence-electron chi connectivity index (χ3n) is 7.68. The number of anilines is 1. The first-order chi connectivity index (χ1) is 16.8. The van der Waals surface area contributed by atoms with Gasteiger partial charge in [-0.3, -0.25) is 4.40 Å². The fourth-order valence-corrected chi connectivity index (χ4v) is 7.30. The molecule has 9 rings (SSSR count). The summed E-state index contributed by atoms with van der Waals surface area (Å²) in [6, 6.07) is 29.2. The van der Waals surface area contributed by atoms with E-state index in [9.17, 15) is 0 Å². The monoisotopic (exact) mass is 450 g/mol. The summed E-state index contributed by atoms with van der Waals surface area (Å²) in [7, 11) is 0. The third kappa shape index (κ3) is 2.03. The molecule has 1 unspecified atom stereocenters. The van der Waals surface area contributed by atoms with E-state index in [1.807, 2.05) is 11.3 Å². The molecule has 0 saturated carbocycles. The Labute approximate surface area is 198 Å². The number of rotatable bonds is 0. The van der Waals surface area contributed by atoms with Gasteiger partial charge in [0.1, 0.15) is 5.82 Å². The van der Waals surface area contributed by atoms with E-state index in [2.05, 4.69) is 107 Å². The van der Waals surface area contributed by atoms with E-state index in [0.717, 1.165) is 0 Å². The average molecular weight is 451 g/mol. The molecule has 1 atom stereocenters. The van der Waals surface area contributed by atoms with Gasteiger partial charge in [0.15, 0.2) is 0 Å². The molecular formula is C31H18N2S. The normalized spacial score (nSPS) is 16.8. The van der Waals surface area contributed by atoms with Crippen LogP contribution in [-0.2, 0) is 0 Å². The second kappa shape index (κ2) is 5.88. The lowest BCUT2D eigenvalue weighted by Gasteiger charge is -2.25. The van der Waals surface area contributed by atoms with Crippen LogP contribution in [0.1, 0.15) is 5.56 Å². The number of nitrogens with one attached hydrogen (secondary N) is 1. The van der Waals surface area contributed by atoms with Crippen molar-refractivity contribution < 1.29 is 0 Å². The van der Waals surface area contributed by atoms with Gasteiger partial charge in [0.05, 0.1) is 17.1 Å². The van der Waals surface area contributed by atoms with Gasteiger partial charge >= 0.3 is 0 Å². The van der Waals surface area contributed by atoms with Gasteiger partial charge in [0.25, 0.3) is 0 Å². The summed E-state index contributed by atoms with van der Waals surface area (Å²) >= 11 is 1.89. The third-order valence-corrected chi connectivity index (χ3v) is 8.81. The Morgan fingerprint density at radius 3 is 2.47 bits per heavy atom. The van der Waals surface area contributed by atoms with Gasteiger partial charge in [-0.05, 0) is 52.4 Å². The number of hydrogen-bond acceptors (Lipinski definition) is 2. The molecule has 34 heavy (non-hydrogen) atoms. The minimum atomic E-state index is 0.184. The topological polar surface area (TPSA) is 16.4 Å². The van der Waals surface area contributed by atoms with Crippen molar-refractivity contribution in [2.45, 2.75) is 6.04 Å². The quantitative estimate of drug-likeness (QED) is 0.279. The molecule has 1 N–H and O–H groups in total. The van der Waals surface area contributed by atoms with Crippen molar-refractivity contribution in [1.29, 1.82) is 0 Å². The van der Waals surface area contributed by atoms with Crippen LogP contribution in [0.4, 0.5) is 5.82 Å². The molecule has 0 radical (unpaired) electrons. The highest BCUT2D eigenvalue weighted by atomic mass is 32.1. The van der Waals surface area contributed by atoms with Crippen molar-refractivity contribution in [2.24, 2.45) is 0 Å². The molecular weight excluding hydrogens is 432 g/mol. The van der Waals surface area contributed by atoms with E-state index in [-0.39, 0.29) is 6.04 Å². The number of benzene rings is 4. The van der Waals surface area contributed by atoms with Crippen molar-refractivity contribution in [3.05, 3.63) is 100 Å². The minimum Gasteiger partial charge on any atom is -0.360 e. The van der Waals surface area contributed by atoms with Gasteiger partial charge in [0, 0.05) is 41.9 Å². The molecule has 0 spiro atoms. The van der Waals surface area contributed by atoms with Crippen LogP contribution in [0.3, 0.4) is 0 Å². The van der Waals surface area contributed by atoms with Crippen LogP contribution in [0.2, 0.25) is 0 Å². The van der Waals surface area contributed by atoms with E-state index in [1.54, 1.807) is 0 Å². The molecule has 0 amide bonds. The Balaban J connectivity index is 1.42. The van der Waals surface area contributed by atoms with Crippen molar-refractivity contribution >= 4 is 82.7 Å². The summed E-state index contributed by atoms with van der Waals surface area (Å²) < 4.78 is 5.17. The maximum atomic E-state index is 3.91. The van der Waals surface area contributed by atoms with Crippen LogP contribution in [0.5, 0.6) is 0 Å². The molecule has 1 aliphatic heterocycles. The molecule has 0 saturated heterocycles. The first kappa shape index (κ1) is 17.4. The molecule has 0 bridgehead atoms. The van der Waals surface area contributed by atoms with Gasteiger partial charge in [0.2, 0.25) is 0 Å².